The molecule has 1 aromatic carbocycles. The number of nitrogens with one attached hydrogen (secondary N) is 2. The first-order valence-electron chi connectivity index (χ1n) is 8.30. The zero-order valence-corrected chi connectivity index (χ0v) is 14.4. The van der Waals surface area contributed by atoms with Gasteiger partial charge in [-0.15, -0.1) is 0 Å². The summed E-state index contributed by atoms with van der Waals surface area (Å²) in [6.07, 6.45) is 7.06. The van der Waals surface area contributed by atoms with Crippen LogP contribution in [0, 0.1) is 10.1 Å². The third-order valence-electron chi connectivity index (χ3n) is 4.11. The van der Waals surface area contributed by atoms with Crippen molar-refractivity contribution in [2.75, 3.05) is 10.6 Å². The van der Waals surface area contributed by atoms with Gasteiger partial charge in [0.15, 0.2) is 0 Å². The smallest absolute Gasteiger partial charge is 0.271 e. The van der Waals surface area contributed by atoms with Crippen molar-refractivity contribution in [1.29, 1.82) is 0 Å². The second kappa shape index (κ2) is 8.06. The molecule has 0 amide bonds. The van der Waals surface area contributed by atoms with Gasteiger partial charge in [-0.3, -0.25) is 10.1 Å². The van der Waals surface area contributed by atoms with Crippen LogP contribution in [0.3, 0.4) is 0 Å². The largest absolute Gasteiger partial charge is 0.351 e. The van der Waals surface area contributed by atoms with E-state index in [2.05, 4.69) is 25.6 Å². The van der Waals surface area contributed by atoms with Gasteiger partial charge in [-0.2, -0.15) is 15.0 Å². The van der Waals surface area contributed by atoms with Crippen molar-refractivity contribution < 1.29 is 4.92 Å². The molecular formula is C16H19ClN6O2. The van der Waals surface area contributed by atoms with Crippen LogP contribution in [0.25, 0.3) is 0 Å². The average Bonchev–Trinajstić information content (AvgIpc) is 2.83. The van der Waals surface area contributed by atoms with E-state index in [4.69, 9.17) is 11.6 Å². The SMILES string of the molecule is O=[N+]([O-])c1cccc(Nc2nc(Cl)nc(NC3CCCCCC3)n2)c1. The van der Waals surface area contributed by atoms with E-state index in [-0.39, 0.29) is 16.9 Å². The number of benzene rings is 1. The number of nitro groups is 1. The van der Waals surface area contributed by atoms with E-state index < -0.39 is 4.92 Å². The van der Waals surface area contributed by atoms with Crippen LogP contribution < -0.4 is 10.6 Å². The fourth-order valence-corrected chi connectivity index (χ4v) is 3.06. The quantitative estimate of drug-likeness (QED) is 0.463. The minimum atomic E-state index is -0.454. The van der Waals surface area contributed by atoms with Gasteiger partial charge in [-0.25, -0.2) is 0 Å². The Morgan fingerprint density at radius 2 is 1.80 bits per heavy atom. The maximum Gasteiger partial charge on any atom is 0.271 e. The summed E-state index contributed by atoms with van der Waals surface area (Å²) in [5, 5.41) is 17.2. The lowest BCUT2D eigenvalue weighted by Crippen LogP contribution is -2.20. The number of anilines is 3. The third kappa shape index (κ3) is 4.99. The Morgan fingerprint density at radius 1 is 1.08 bits per heavy atom. The fraction of sp³-hybridized carbons (Fsp3) is 0.438. The van der Waals surface area contributed by atoms with Gasteiger partial charge in [-0.1, -0.05) is 31.7 Å². The van der Waals surface area contributed by atoms with Crippen LogP contribution in [0.5, 0.6) is 0 Å². The summed E-state index contributed by atoms with van der Waals surface area (Å²) in [7, 11) is 0. The Labute approximate surface area is 150 Å². The van der Waals surface area contributed by atoms with Crippen molar-refractivity contribution in [3.8, 4) is 0 Å². The van der Waals surface area contributed by atoms with E-state index >= 15 is 0 Å². The normalized spacial score (nSPS) is 15.4. The second-order valence-corrected chi connectivity index (χ2v) is 6.35. The summed E-state index contributed by atoms with van der Waals surface area (Å²) in [5.41, 5.74) is 0.499. The van der Waals surface area contributed by atoms with Gasteiger partial charge in [0, 0.05) is 23.9 Å². The van der Waals surface area contributed by atoms with Gasteiger partial charge >= 0.3 is 0 Å². The molecule has 0 aliphatic heterocycles. The summed E-state index contributed by atoms with van der Waals surface area (Å²) >= 11 is 6.00. The molecule has 1 aromatic heterocycles. The molecule has 1 saturated carbocycles. The first-order valence-corrected chi connectivity index (χ1v) is 8.67. The van der Waals surface area contributed by atoms with Crippen molar-refractivity contribution in [3.63, 3.8) is 0 Å². The van der Waals surface area contributed by atoms with Crippen LogP contribution in [-0.4, -0.2) is 25.9 Å². The first kappa shape index (κ1) is 17.3. The summed E-state index contributed by atoms with van der Waals surface area (Å²) in [4.78, 5) is 22.9. The molecule has 0 radical (unpaired) electrons. The maximum atomic E-state index is 10.9. The highest BCUT2D eigenvalue weighted by atomic mass is 35.5. The zero-order valence-electron chi connectivity index (χ0n) is 13.6. The van der Waals surface area contributed by atoms with E-state index in [1.165, 1.54) is 37.8 Å². The molecule has 8 nitrogen and oxygen atoms in total. The van der Waals surface area contributed by atoms with Crippen LogP contribution in [-0.2, 0) is 0 Å². The van der Waals surface area contributed by atoms with E-state index in [9.17, 15) is 10.1 Å². The molecule has 132 valence electrons. The molecule has 0 saturated heterocycles. The average molecular weight is 363 g/mol. The molecule has 25 heavy (non-hydrogen) atoms. The molecule has 9 heteroatoms. The van der Waals surface area contributed by atoms with Gasteiger partial charge in [0.1, 0.15) is 0 Å². The maximum absolute atomic E-state index is 10.9. The van der Waals surface area contributed by atoms with Crippen LogP contribution in [0.2, 0.25) is 5.28 Å². The lowest BCUT2D eigenvalue weighted by Gasteiger charge is -2.16. The third-order valence-corrected chi connectivity index (χ3v) is 4.28. The van der Waals surface area contributed by atoms with Crippen LogP contribution in [0.1, 0.15) is 38.5 Å². The van der Waals surface area contributed by atoms with Crippen LogP contribution in [0.15, 0.2) is 24.3 Å². The Bertz CT molecular complexity index is 749. The van der Waals surface area contributed by atoms with Crippen molar-refractivity contribution in [3.05, 3.63) is 39.7 Å². The number of hydrogen-bond donors (Lipinski definition) is 2. The summed E-state index contributed by atoms with van der Waals surface area (Å²) in [6, 6.07) is 6.45. The molecule has 0 spiro atoms. The van der Waals surface area contributed by atoms with Crippen molar-refractivity contribution in [2.45, 2.75) is 44.6 Å². The van der Waals surface area contributed by atoms with E-state index in [1.807, 2.05) is 0 Å². The second-order valence-electron chi connectivity index (χ2n) is 6.02. The minimum absolute atomic E-state index is 0.0121. The topological polar surface area (TPSA) is 106 Å². The Hall–Kier alpha value is -2.48. The van der Waals surface area contributed by atoms with Crippen LogP contribution >= 0.6 is 11.6 Å². The van der Waals surface area contributed by atoms with Gasteiger partial charge < -0.3 is 10.6 Å². The zero-order chi connectivity index (χ0) is 17.6. The standard InChI is InChI=1S/C16H19ClN6O2/c17-14-20-15(18-11-6-3-1-2-4-7-11)22-16(21-14)19-12-8-5-9-13(10-12)23(24)25/h5,8-11H,1-4,6-7H2,(H2,18,19,20,21,22). The number of halogens is 1. The lowest BCUT2D eigenvalue weighted by atomic mass is 10.1. The fourth-order valence-electron chi connectivity index (χ4n) is 2.90. The summed E-state index contributed by atoms with van der Waals surface area (Å²) in [5.74, 6) is 0.663. The predicted octanol–water partition coefficient (Wildman–Crippen LogP) is 4.31. The number of non-ortho nitro benzene ring substituents is 1. The summed E-state index contributed by atoms with van der Waals surface area (Å²) < 4.78 is 0. The van der Waals surface area contributed by atoms with E-state index in [1.54, 1.807) is 12.1 Å². The molecule has 0 unspecified atom stereocenters. The molecule has 1 aliphatic rings. The highest BCUT2D eigenvalue weighted by molar-refractivity contribution is 6.28. The molecule has 3 rings (SSSR count). The number of nitro benzene ring substituents is 1. The molecule has 1 fully saturated rings. The monoisotopic (exact) mass is 362 g/mol. The summed E-state index contributed by atoms with van der Waals surface area (Å²) in [6.45, 7) is 0. The van der Waals surface area contributed by atoms with E-state index in [0.29, 0.717) is 17.7 Å². The molecule has 1 heterocycles. The van der Waals surface area contributed by atoms with Crippen molar-refractivity contribution in [2.24, 2.45) is 0 Å². The van der Waals surface area contributed by atoms with Gasteiger partial charge in [-0.05, 0) is 30.5 Å². The molecule has 1 aliphatic carbocycles. The Morgan fingerprint density at radius 3 is 2.52 bits per heavy atom. The van der Waals surface area contributed by atoms with E-state index in [0.717, 1.165) is 12.8 Å². The van der Waals surface area contributed by atoms with Crippen molar-refractivity contribution >= 4 is 34.9 Å². The van der Waals surface area contributed by atoms with Crippen LogP contribution in [0.4, 0.5) is 23.3 Å². The molecule has 2 aromatic rings. The number of nitrogens with zero attached hydrogens (tertiary/aromatic N) is 4. The molecule has 2 N–H and O–H groups in total. The minimum Gasteiger partial charge on any atom is -0.351 e. The van der Waals surface area contributed by atoms with Gasteiger partial charge in [0.25, 0.3) is 5.69 Å². The highest BCUT2D eigenvalue weighted by Gasteiger charge is 2.15. The lowest BCUT2D eigenvalue weighted by molar-refractivity contribution is -0.384. The number of rotatable bonds is 5. The van der Waals surface area contributed by atoms with Gasteiger partial charge in [0.2, 0.25) is 17.2 Å². The number of hydrogen-bond acceptors (Lipinski definition) is 7. The van der Waals surface area contributed by atoms with Gasteiger partial charge in [0.05, 0.1) is 4.92 Å². The highest BCUT2D eigenvalue weighted by Crippen LogP contribution is 2.23. The predicted molar refractivity (Wildman–Crippen MR) is 96.3 cm³/mol. The molecule has 0 atom stereocenters. The first-order chi connectivity index (χ1) is 12.1. The molecule has 0 bridgehead atoms. The Balaban J connectivity index is 1.74. The van der Waals surface area contributed by atoms with Crippen molar-refractivity contribution in [1.82, 2.24) is 15.0 Å². The Kier molecular flexibility index (Phi) is 5.60. The molecular weight excluding hydrogens is 344 g/mol. The number of aromatic nitrogens is 3.